The molecule has 2 aliphatic heterocycles. The van der Waals surface area contributed by atoms with E-state index in [0.717, 1.165) is 32.7 Å². The summed E-state index contributed by atoms with van der Waals surface area (Å²) in [5, 5.41) is 0. The van der Waals surface area contributed by atoms with Gasteiger partial charge in [-0.2, -0.15) is 0 Å². The van der Waals surface area contributed by atoms with Gasteiger partial charge in [-0.25, -0.2) is 0 Å². The summed E-state index contributed by atoms with van der Waals surface area (Å²) in [5.41, 5.74) is 2.66. The topological polar surface area (TPSA) is 47.1 Å². The Bertz CT molecular complexity index is 662. The van der Waals surface area contributed by atoms with Gasteiger partial charge < -0.3 is 9.80 Å². The lowest BCUT2D eigenvalue weighted by molar-refractivity contribution is -0.142. The van der Waals surface area contributed by atoms with Gasteiger partial charge in [-0.05, 0) is 19.4 Å². The Morgan fingerprint density at radius 3 is 2.19 bits per heavy atom. The second kappa shape index (κ2) is 8.85. The number of benzene rings is 1. The van der Waals surface area contributed by atoms with Crippen molar-refractivity contribution in [2.24, 2.45) is 0 Å². The predicted octanol–water partition coefficient (Wildman–Crippen LogP) is 1.19. The van der Waals surface area contributed by atoms with Crippen molar-refractivity contribution >= 4 is 11.8 Å². The molecule has 0 bridgehead atoms. The maximum Gasteiger partial charge on any atom is 0.239 e. The molecule has 1 unspecified atom stereocenters. The Hall–Kier alpha value is -1.92. The van der Waals surface area contributed by atoms with Gasteiger partial charge in [-0.1, -0.05) is 29.8 Å². The average molecular weight is 373 g/mol. The van der Waals surface area contributed by atoms with Crippen LogP contribution < -0.4 is 0 Å². The minimum atomic E-state index is -0.0880. The summed E-state index contributed by atoms with van der Waals surface area (Å²) in [5.74, 6) is 0.296. The lowest BCUT2D eigenvalue weighted by Crippen LogP contribution is -2.57. The van der Waals surface area contributed by atoms with Crippen LogP contribution in [0.5, 0.6) is 0 Å². The van der Waals surface area contributed by atoms with Gasteiger partial charge in [0.05, 0.1) is 6.04 Å². The van der Waals surface area contributed by atoms with Gasteiger partial charge in [0.15, 0.2) is 0 Å². The van der Waals surface area contributed by atoms with E-state index < -0.39 is 0 Å². The quantitative estimate of drug-likeness (QED) is 0.797. The molecule has 3 rings (SSSR count). The normalized spacial score (nSPS) is 20.6. The number of piperazine rings is 2. The molecular weight excluding hydrogens is 340 g/mol. The van der Waals surface area contributed by atoms with Crippen molar-refractivity contribution in [3.8, 4) is 0 Å². The van der Waals surface area contributed by atoms with Gasteiger partial charge in [0, 0.05) is 65.8 Å². The zero-order valence-electron chi connectivity index (χ0n) is 16.9. The van der Waals surface area contributed by atoms with E-state index in [9.17, 15) is 9.59 Å². The first-order valence-electron chi connectivity index (χ1n) is 10.0. The van der Waals surface area contributed by atoms with Crippen molar-refractivity contribution in [2.45, 2.75) is 33.4 Å². The van der Waals surface area contributed by atoms with Crippen molar-refractivity contribution in [2.75, 3.05) is 52.4 Å². The van der Waals surface area contributed by atoms with Gasteiger partial charge in [-0.3, -0.25) is 19.4 Å². The van der Waals surface area contributed by atoms with Crippen molar-refractivity contribution in [1.29, 1.82) is 0 Å². The predicted molar refractivity (Wildman–Crippen MR) is 106 cm³/mol. The second-order valence-electron chi connectivity index (χ2n) is 7.81. The van der Waals surface area contributed by atoms with Crippen LogP contribution in [-0.2, 0) is 16.1 Å². The number of carbonyl (C=O) groups excluding carboxylic acids is 2. The first kappa shape index (κ1) is 19.8. The second-order valence-corrected chi connectivity index (χ2v) is 7.81. The molecular formula is C21H32N4O2. The average Bonchev–Trinajstić information content (AvgIpc) is 2.67. The molecule has 0 radical (unpaired) electrons. The standard InChI is InChI=1S/C21H32N4O2/c1-17-5-4-6-20(15-17)16-22-7-9-23(10-8-22)18(2)21(27)25-13-11-24(12-14-25)19(3)26/h4-6,15,18H,7-14,16H2,1-3H3. The molecule has 1 aromatic rings. The zero-order chi connectivity index (χ0) is 19.4. The number of carbonyl (C=O) groups is 2. The van der Waals surface area contributed by atoms with E-state index in [-0.39, 0.29) is 17.9 Å². The first-order valence-corrected chi connectivity index (χ1v) is 10.0. The fraction of sp³-hybridized carbons (Fsp3) is 0.619. The molecule has 0 N–H and O–H groups in total. The highest BCUT2D eigenvalue weighted by molar-refractivity contribution is 5.82. The monoisotopic (exact) mass is 372 g/mol. The van der Waals surface area contributed by atoms with Crippen LogP contribution in [0.15, 0.2) is 24.3 Å². The molecule has 2 aliphatic rings. The number of nitrogens with zero attached hydrogens (tertiary/aromatic N) is 4. The SMILES string of the molecule is CC(=O)N1CCN(C(=O)C(C)N2CCN(Cc3cccc(C)c3)CC2)CC1. The Labute approximate surface area is 162 Å². The fourth-order valence-corrected chi connectivity index (χ4v) is 4.04. The molecule has 6 heteroatoms. The largest absolute Gasteiger partial charge is 0.339 e. The minimum Gasteiger partial charge on any atom is -0.339 e. The number of amides is 2. The summed E-state index contributed by atoms with van der Waals surface area (Å²) in [6.45, 7) is 13.1. The van der Waals surface area contributed by atoms with Crippen molar-refractivity contribution in [3.05, 3.63) is 35.4 Å². The maximum absolute atomic E-state index is 12.9. The van der Waals surface area contributed by atoms with Crippen LogP contribution in [0.4, 0.5) is 0 Å². The summed E-state index contributed by atoms with van der Waals surface area (Å²) < 4.78 is 0. The van der Waals surface area contributed by atoms with Crippen LogP contribution in [-0.4, -0.2) is 89.8 Å². The number of aryl methyl sites for hydroxylation is 1. The molecule has 1 atom stereocenters. The molecule has 2 heterocycles. The van der Waals surface area contributed by atoms with E-state index in [1.54, 1.807) is 6.92 Å². The van der Waals surface area contributed by atoms with Crippen LogP contribution in [0.3, 0.4) is 0 Å². The zero-order valence-corrected chi connectivity index (χ0v) is 16.9. The molecule has 148 valence electrons. The lowest BCUT2D eigenvalue weighted by atomic mass is 10.1. The van der Waals surface area contributed by atoms with E-state index in [1.165, 1.54) is 11.1 Å². The summed E-state index contributed by atoms with van der Waals surface area (Å²) in [6.07, 6.45) is 0. The highest BCUT2D eigenvalue weighted by Gasteiger charge is 2.30. The third-order valence-electron chi connectivity index (χ3n) is 5.84. The highest BCUT2D eigenvalue weighted by atomic mass is 16.2. The molecule has 0 spiro atoms. The minimum absolute atomic E-state index is 0.0880. The van der Waals surface area contributed by atoms with Gasteiger partial charge in [0.25, 0.3) is 0 Å². The van der Waals surface area contributed by atoms with Crippen molar-refractivity contribution in [3.63, 3.8) is 0 Å². The van der Waals surface area contributed by atoms with E-state index in [2.05, 4.69) is 41.0 Å². The molecule has 0 aliphatic carbocycles. The van der Waals surface area contributed by atoms with Crippen LogP contribution >= 0.6 is 0 Å². The number of hydrogen-bond donors (Lipinski definition) is 0. The molecule has 1 aromatic carbocycles. The van der Waals surface area contributed by atoms with E-state index in [1.807, 2.05) is 16.7 Å². The molecule has 2 fully saturated rings. The van der Waals surface area contributed by atoms with Gasteiger partial charge >= 0.3 is 0 Å². The molecule has 6 nitrogen and oxygen atoms in total. The number of rotatable bonds is 4. The van der Waals surface area contributed by atoms with Crippen molar-refractivity contribution in [1.82, 2.24) is 19.6 Å². The summed E-state index contributed by atoms with van der Waals surface area (Å²) in [4.78, 5) is 32.8. The summed E-state index contributed by atoms with van der Waals surface area (Å²) in [7, 11) is 0. The lowest BCUT2D eigenvalue weighted by Gasteiger charge is -2.41. The first-order chi connectivity index (χ1) is 12.9. The number of hydrogen-bond acceptors (Lipinski definition) is 4. The van der Waals surface area contributed by atoms with Crippen LogP contribution in [0.1, 0.15) is 25.0 Å². The highest BCUT2D eigenvalue weighted by Crippen LogP contribution is 2.14. The maximum atomic E-state index is 12.9. The van der Waals surface area contributed by atoms with E-state index in [0.29, 0.717) is 26.2 Å². The third kappa shape index (κ3) is 5.08. The Morgan fingerprint density at radius 2 is 1.59 bits per heavy atom. The fourth-order valence-electron chi connectivity index (χ4n) is 4.04. The molecule has 2 amide bonds. The molecule has 0 aromatic heterocycles. The van der Waals surface area contributed by atoms with Crippen LogP contribution in [0.25, 0.3) is 0 Å². The van der Waals surface area contributed by atoms with Gasteiger partial charge in [0.1, 0.15) is 0 Å². The van der Waals surface area contributed by atoms with Crippen LogP contribution in [0.2, 0.25) is 0 Å². The van der Waals surface area contributed by atoms with E-state index in [4.69, 9.17) is 0 Å². The smallest absolute Gasteiger partial charge is 0.239 e. The molecule has 2 saturated heterocycles. The van der Waals surface area contributed by atoms with E-state index >= 15 is 0 Å². The summed E-state index contributed by atoms with van der Waals surface area (Å²) in [6, 6.07) is 8.60. The van der Waals surface area contributed by atoms with Crippen LogP contribution in [0, 0.1) is 6.92 Å². The molecule has 27 heavy (non-hydrogen) atoms. The van der Waals surface area contributed by atoms with Gasteiger partial charge in [0.2, 0.25) is 11.8 Å². The summed E-state index contributed by atoms with van der Waals surface area (Å²) >= 11 is 0. The Balaban J connectivity index is 1.46. The van der Waals surface area contributed by atoms with Crippen molar-refractivity contribution < 1.29 is 9.59 Å². The molecule has 0 saturated carbocycles. The Kier molecular flexibility index (Phi) is 6.50. The Morgan fingerprint density at radius 1 is 0.963 bits per heavy atom. The van der Waals surface area contributed by atoms with Gasteiger partial charge in [-0.15, -0.1) is 0 Å². The third-order valence-corrected chi connectivity index (χ3v) is 5.84.